The quantitative estimate of drug-likeness (QED) is 0.784. The molecule has 1 fully saturated rings. The van der Waals surface area contributed by atoms with Crippen molar-refractivity contribution in [1.29, 1.82) is 0 Å². The number of hydrogen-bond donors (Lipinski definition) is 0. The summed E-state index contributed by atoms with van der Waals surface area (Å²) in [6.45, 7) is 5.57. The zero-order valence-electron chi connectivity index (χ0n) is 11.4. The third kappa shape index (κ3) is 3.70. The average molecular weight is 300 g/mol. The molecule has 0 saturated carbocycles. The van der Waals surface area contributed by atoms with Gasteiger partial charge < -0.3 is 0 Å². The third-order valence-corrected chi connectivity index (χ3v) is 6.23. The first kappa shape index (κ1) is 14.8. The van der Waals surface area contributed by atoms with Crippen LogP contribution in [0, 0.1) is 5.92 Å². The Morgan fingerprint density at radius 1 is 1.32 bits per heavy atom. The summed E-state index contributed by atoms with van der Waals surface area (Å²) in [5.74, 6) is 1.59. The van der Waals surface area contributed by atoms with Gasteiger partial charge in [-0.05, 0) is 30.9 Å². The fraction of sp³-hybridized carbons (Fsp3) is 0.615. The molecule has 1 aliphatic rings. The van der Waals surface area contributed by atoms with Crippen LogP contribution in [0.2, 0.25) is 0 Å². The van der Waals surface area contributed by atoms with Gasteiger partial charge in [-0.1, -0.05) is 13.8 Å². The normalized spacial score (nSPS) is 17.2. The highest BCUT2D eigenvalue weighted by molar-refractivity contribution is 7.99. The number of rotatable bonds is 5. The monoisotopic (exact) mass is 300 g/mol. The molecule has 0 amide bonds. The summed E-state index contributed by atoms with van der Waals surface area (Å²) < 4.78 is 26.1. The zero-order chi connectivity index (χ0) is 13.9. The van der Waals surface area contributed by atoms with Gasteiger partial charge in [0.15, 0.2) is 0 Å². The summed E-state index contributed by atoms with van der Waals surface area (Å²) in [5.41, 5.74) is 0. The predicted molar refractivity (Wildman–Crippen MR) is 77.8 cm³/mol. The molecule has 6 heteroatoms. The van der Waals surface area contributed by atoms with Crippen LogP contribution in [0.15, 0.2) is 28.3 Å². The molecule has 0 atom stereocenters. The van der Waals surface area contributed by atoms with Gasteiger partial charge in [0.1, 0.15) is 4.90 Å². The molecule has 0 aliphatic carbocycles. The van der Waals surface area contributed by atoms with Crippen LogP contribution < -0.4 is 0 Å². The first-order valence-electron chi connectivity index (χ1n) is 6.59. The fourth-order valence-corrected chi connectivity index (χ4v) is 4.19. The molecule has 2 heterocycles. The number of hydrogen-bond acceptors (Lipinski definition) is 4. The van der Waals surface area contributed by atoms with Gasteiger partial charge in [-0.2, -0.15) is 4.31 Å². The van der Waals surface area contributed by atoms with Gasteiger partial charge in [0.25, 0.3) is 0 Å². The van der Waals surface area contributed by atoms with E-state index in [9.17, 15) is 8.42 Å². The van der Waals surface area contributed by atoms with Crippen LogP contribution in [-0.4, -0.2) is 36.5 Å². The van der Waals surface area contributed by atoms with E-state index < -0.39 is 10.0 Å². The molecular formula is C13H20N2O2S2. The zero-order valence-corrected chi connectivity index (χ0v) is 13.0. The van der Waals surface area contributed by atoms with Gasteiger partial charge in [0, 0.05) is 25.0 Å². The second kappa shape index (κ2) is 6.24. The van der Waals surface area contributed by atoms with E-state index in [1.165, 1.54) is 6.20 Å². The number of aromatic nitrogens is 1. The molecule has 4 nitrogen and oxygen atoms in total. The van der Waals surface area contributed by atoms with E-state index >= 15 is 0 Å². The molecule has 0 bridgehead atoms. The molecule has 1 aromatic heterocycles. The predicted octanol–water partition coefficient (Wildman–Crippen LogP) is 2.61. The maximum Gasteiger partial charge on any atom is 0.244 e. The molecule has 106 valence electrons. The van der Waals surface area contributed by atoms with Gasteiger partial charge >= 0.3 is 0 Å². The third-order valence-electron chi connectivity index (χ3n) is 2.98. The second-order valence-corrected chi connectivity index (χ2v) is 8.13. The highest BCUT2D eigenvalue weighted by atomic mass is 32.2. The lowest BCUT2D eigenvalue weighted by Crippen LogP contribution is -2.27. The SMILES string of the molecule is CC(C)CSc1ccc(S(=O)(=O)N2CCCC2)cn1. The summed E-state index contributed by atoms with van der Waals surface area (Å²) in [6.07, 6.45) is 3.39. The molecular weight excluding hydrogens is 280 g/mol. The number of nitrogens with zero attached hydrogens (tertiary/aromatic N) is 2. The summed E-state index contributed by atoms with van der Waals surface area (Å²) in [4.78, 5) is 4.55. The maximum absolute atomic E-state index is 12.3. The van der Waals surface area contributed by atoms with Crippen LogP contribution in [-0.2, 0) is 10.0 Å². The largest absolute Gasteiger partial charge is 0.249 e. The van der Waals surface area contributed by atoms with Crippen molar-refractivity contribution >= 4 is 21.8 Å². The molecule has 0 aromatic carbocycles. The van der Waals surface area contributed by atoms with Crippen molar-refractivity contribution in [1.82, 2.24) is 9.29 Å². The van der Waals surface area contributed by atoms with Gasteiger partial charge in [0.05, 0.1) is 5.03 Å². The first-order chi connectivity index (χ1) is 9.00. The van der Waals surface area contributed by atoms with Crippen molar-refractivity contribution in [3.8, 4) is 0 Å². The Morgan fingerprint density at radius 3 is 2.53 bits per heavy atom. The highest BCUT2D eigenvalue weighted by Gasteiger charge is 2.27. The van der Waals surface area contributed by atoms with E-state index in [-0.39, 0.29) is 0 Å². The molecule has 0 unspecified atom stereocenters. The van der Waals surface area contributed by atoms with E-state index in [1.807, 2.05) is 0 Å². The minimum Gasteiger partial charge on any atom is -0.249 e. The molecule has 1 aliphatic heterocycles. The first-order valence-corrected chi connectivity index (χ1v) is 9.02. The molecule has 1 saturated heterocycles. The van der Waals surface area contributed by atoms with Crippen LogP contribution in [0.25, 0.3) is 0 Å². The minimum atomic E-state index is -3.33. The van der Waals surface area contributed by atoms with Crippen molar-refractivity contribution in [2.45, 2.75) is 36.6 Å². The smallest absolute Gasteiger partial charge is 0.244 e. The van der Waals surface area contributed by atoms with Crippen LogP contribution >= 0.6 is 11.8 Å². The topological polar surface area (TPSA) is 50.3 Å². The fourth-order valence-electron chi connectivity index (χ4n) is 1.93. The van der Waals surface area contributed by atoms with Gasteiger partial charge in [-0.25, -0.2) is 13.4 Å². The number of pyridine rings is 1. The Morgan fingerprint density at radius 2 is 2.00 bits per heavy atom. The standard InChI is InChI=1S/C13H20N2O2S2/c1-11(2)10-18-13-6-5-12(9-14-13)19(16,17)15-7-3-4-8-15/h5-6,9,11H,3-4,7-8,10H2,1-2H3. The van der Waals surface area contributed by atoms with Crippen LogP contribution in [0.4, 0.5) is 0 Å². The second-order valence-electron chi connectivity index (χ2n) is 5.15. The molecule has 1 aromatic rings. The Bertz CT molecular complexity index is 506. The average Bonchev–Trinajstić information content (AvgIpc) is 2.91. The molecule has 0 N–H and O–H groups in total. The van der Waals surface area contributed by atoms with Crippen molar-refractivity contribution in [2.75, 3.05) is 18.8 Å². The minimum absolute atomic E-state index is 0.309. The van der Waals surface area contributed by atoms with Crippen molar-refractivity contribution in [2.24, 2.45) is 5.92 Å². The van der Waals surface area contributed by atoms with Crippen molar-refractivity contribution < 1.29 is 8.42 Å². The van der Waals surface area contributed by atoms with Gasteiger partial charge in [0.2, 0.25) is 10.0 Å². The maximum atomic E-state index is 12.3. The van der Waals surface area contributed by atoms with E-state index in [1.54, 1.807) is 28.2 Å². The lowest BCUT2D eigenvalue weighted by Gasteiger charge is -2.15. The number of thioether (sulfide) groups is 1. The van der Waals surface area contributed by atoms with E-state index in [0.717, 1.165) is 23.6 Å². The van der Waals surface area contributed by atoms with Gasteiger partial charge in [-0.15, -0.1) is 11.8 Å². The summed E-state index contributed by atoms with van der Waals surface area (Å²) in [6, 6.07) is 3.47. The molecule has 0 radical (unpaired) electrons. The highest BCUT2D eigenvalue weighted by Crippen LogP contribution is 2.23. The number of sulfonamides is 1. The van der Waals surface area contributed by atoms with Crippen LogP contribution in [0.1, 0.15) is 26.7 Å². The summed E-state index contributed by atoms with van der Waals surface area (Å²) >= 11 is 1.66. The van der Waals surface area contributed by atoms with E-state index in [4.69, 9.17) is 0 Å². The Labute approximate surface area is 119 Å². The lowest BCUT2D eigenvalue weighted by atomic mass is 10.3. The molecule has 19 heavy (non-hydrogen) atoms. The Hall–Kier alpha value is -0.590. The Kier molecular flexibility index (Phi) is 4.86. The van der Waals surface area contributed by atoms with E-state index in [2.05, 4.69) is 18.8 Å². The summed E-state index contributed by atoms with van der Waals surface area (Å²) in [7, 11) is -3.33. The summed E-state index contributed by atoms with van der Waals surface area (Å²) in [5, 5.41) is 0.883. The van der Waals surface area contributed by atoms with Crippen molar-refractivity contribution in [3.63, 3.8) is 0 Å². The molecule has 0 spiro atoms. The van der Waals surface area contributed by atoms with Crippen molar-refractivity contribution in [3.05, 3.63) is 18.3 Å². The Balaban J connectivity index is 2.09. The van der Waals surface area contributed by atoms with Gasteiger partial charge in [-0.3, -0.25) is 0 Å². The van der Waals surface area contributed by atoms with Crippen LogP contribution in [0.3, 0.4) is 0 Å². The van der Waals surface area contributed by atoms with Crippen LogP contribution in [0.5, 0.6) is 0 Å². The lowest BCUT2D eigenvalue weighted by molar-refractivity contribution is 0.477. The molecule has 2 rings (SSSR count). The van der Waals surface area contributed by atoms with E-state index in [0.29, 0.717) is 23.9 Å².